The highest BCUT2D eigenvalue weighted by Crippen LogP contribution is 2.20. The molecule has 0 radical (unpaired) electrons. The zero-order chi connectivity index (χ0) is 10.9. The molecule has 0 aromatic rings. The van der Waals surface area contributed by atoms with E-state index in [0.717, 1.165) is 0 Å². The van der Waals surface area contributed by atoms with Gasteiger partial charge in [0.2, 0.25) is 5.91 Å². The van der Waals surface area contributed by atoms with E-state index in [9.17, 15) is 9.59 Å². The zero-order valence-corrected chi connectivity index (χ0v) is 8.80. The van der Waals surface area contributed by atoms with E-state index in [1.54, 1.807) is 20.8 Å². The third-order valence-electron chi connectivity index (χ3n) is 1.53. The summed E-state index contributed by atoms with van der Waals surface area (Å²) in [6.45, 7) is 8.11. The molecule has 0 aromatic heterocycles. The Morgan fingerprint density at radius 2 is 1.46 bits per heavy atom. The van der Waals surface area contributed by atoms with Gasteiger partial charge in [-0.25, -0.2) is 0 Å². The van der Waals surface area contributed by atoms with E-state index in [0.29, 0.717) is 0 Å². The van der Waals surface area contributed by atoms with Gasteiger partial charge in [0.25, 0.3) is 0 Å². The Hall–Kier alpha value is -1.06. The monoisotopic (exact) mass is 187 g/mol. The lowest BCUT2D eigenvalue weighted by atomic mass is 9.93. The van der Waals surface area contributed by atoms with Crippen molar-refractivity contribution >= 4 is 11.9 Å². The van der Waals surface area contributed by atoms with Gasteiger partial charge in [-0.3, -0.25) is 9.59 Å². The number of hydrogen-bond donors (Lipinski definition) is 1. The molecule has 2 N–H and O–H groups in total. The molecule has 0 aliphatic heterocycles. The van der Waals surface area contributed by atoms with Crippen molar-refractivity contribution in [2.45, 2.75) is 40.2 Å². The molecule has 0 atom stereocenters. The third-order valence-corrected chi connectivity index (χ3v) is 1.53. The molecule has 4 nitrogen and oxygen atoms in total. The molecule has 13 heavy (non-hydrogen) atoms. The average molecular weight is 187 g/mol. The van der Waals surface area contributed by atoms with Gasteiger partial charge < -0.3 is 10.5 Å². The number of amides is 1. The summed E-state index contributed by atoms with van der Waals surface area (Å²) in [4.78, 5) is 22.3. The second-order valence-electron chi connectivity index (χ2n) is 4.49. The van der Waals surface area contributed by atoms with Crippen molar-refractivity contribution in [3.05, 3.63) is 0 Å². The Bertz CT molecular complexity index is 226. The molecule has 0 heterocycles. The highest BCUT2D eigenvalue weighted by molar-refractivity contribution is 6.01. The zero-order valence-electron chi connectivity index (χ0n) is 8.80. The smallest absolute Gasteiger partial charge is 0.321 e. The molecule has 0 spiro atoms. The van der Waals surface area contributed by atoms with Crippen LogP contribution in [-0.2, 0) is 14.3 Å². The van der Waals surface area contributed by atoms with E-state index in [-0.39, 0.29) is 0 Å². The van der Waals surface area contributed by atoms with Crippen LogP contribution in [0.15, 0.2) is 0 Å². The predicted molar refractivity (Wildman–Crippen MR) is 48.8 cm³/mol. The number of hydrogen-bond acceptors (Lipinski definition) is 3. The standard InChI is InChI=1S/C9H17NO3/c1-8(2,3)13-7(12)9(4,5)6(10)11/h1-5H3,(H2,10,11). The molecular formula is C9H17NO3. The quantitative estimate of drug-likeness (QED) is 0.514. The highest BCUT2D eigenvalue weighted by Gasteiger charge is 2.37. The third kappa shape index (κ3) is 3.44. The van der Waals surface area contributed by atoms with Gasteiger partial charge in [-0.2, -0.15) is 0 Å². The van der Waals surface area contributed by atoms with Crippen LogP contribution in [0.3, 0.4) is 0 Å². The fraction of sp³-hybridized carbons (Fsp3) is 0.778. The maximum absolute atomic E-state index is 11.4. The molecule has 0 aromatic carbocycles. The van der Waals surface area contributed by atoms with Gasteiger partial charge >= 0.3 is 5.97 Å². The van der Waals surface area contributed by atoms with Crippen LogP contribution in [0.5, 0.6) is 0 Å². The molecule has 0 rings (SSSR count). The summed E-state index contributed by atoms with van der Waals surface area (Å²) in [7, 11) is 0. The van der Waals surface area contributed by atoms with Crippen LogP contribution in [0.2, 0.25) is 0 Å². The Morgan fingerprint density at radius 3 is 1.69 bits per heavy atom. The van der Waals surface area contributed by atoms with Crippen molar-refractivity contribution in [3.63, 3.8) is 0 Å². The fourth-order valence-electron chi connectivity index (χ4n) is 0.506. The van der Waals surface area contributed by atoms with Gasteiger partial charge in [0.15, 0.2) is 0 Å². The molecule has 0 saturated heterocycles. The minimum atomic E-state index is -1.26. The molecule has 76 valence electrons. The number of carbonyl (C=O) groups is 2. The maximum atomic E-state index is 11.4. The van der Waals surface area contributed by atoms with Crippen LogP contribution < -0.4 is 5.73 Å². The summed E-state index contributed by atoms with van der Waals surface area (Å²) in [6.07, 6.45) is 0. The van der Waals surface area contributed by atoms with Crippen LogP contribution in [0.1, 0.15) is 34.6 Å². The summed E-state index contributed by atoms with van der Waals surface area (Å²) in [5.41, 5.74) is 3.20. The number of esters is 1. The van der Waals surface area contributed by atoms with E-state index in [4.69, 9.17) is 10.5 Å². The van der Waals surface area contributed by atoms with Crippen LogP contribution in [0.4, 0.5) is 0 Å². The van der Waals surface area contributed by atoms with E-state index >= 15 is 0 Å². The number of primary amides is 1. The predicted octanol–water partition coefficient (Wildman–Crippen LogP) is 0.840. The first-order valence-corrected chi connectivity index (χ1v) is 4.11. The van der Waals surface area contributed by atoms with Gasteiger partial charge in [-0.1, -0.05) is 0 Å². The van der Waals surface area contributed by atoms with Gasteiger partial charge in [0.05, 0.1) is 0 Å². The first-order valence-electron chi connectivity index (χ1n) is 4.11. The van der Waals surface area contributed by atoms with Crippen molar-refractivity contribution in [1.29, 1.82) is 0 Å². The molecule has 0 unspecified atom stereocenters. The Morgan fingerprint density at radius 1 is 1.08 bits per heavy atom. The lowest BCUT2D eigenvalue weighted by Crippen LogP contribution is -2.42. The SMILES string of the molecule is CC(C)(C)OC(=O)C(C)(C)C(N)=O. The first kappa shape index (κ1) is 11.9. The Labute approximate surface area is 78.4 Å². The Kier molecular flexibility index (Phi) is 3.08. The van der Waals surface area contributed by atoms with Gasteiger partial charge in [-0.15, -0.1) is 0 Å². The minimum absolute atomic E-state index is 0.590. The van der Waals surface area contributed by atoms with Crippen molar-refractivity contribution in [2.24, 2.45) is 11.1 Å². The van der Waals surface area contributed by atoms with Crippen molar-refractivity contribution in [1.82, 2.24) is 0 Å². The molecule has 0 aliphatic carbocycles. The minimum Gasteiger partial charge on any atom is -0.459 e. The van der Waals surface area contributed by atoms with Crippen molar-refractivity contribution in [2.75, 3.05) is 0 Å². The van der Waals surface area contributed by atoms with Crippen LogP contribution in [-0.4, -0.2) is 17.5 Å². The van der Waals surface area contributed by atoms with E-state index in [1.807, 2.05) is 0 Å². The number of rotatable bonds is 2. The fourth-order valence-corrected chi connectivity index (χ4v) is 0.506. The molecule has 4 heteroatoms. The average Bonchev–Trinajstić information content (AvgIpc) is 1.82. The van der Waals surface area contributed by atoms with E-state index in [1.165, 1.54) is 13.8 Å². The molecule has 0 saturated carbocycles. The summed E-state index contributed by atoms with van der Waals surface area (Å²) in [5.74, 6) is -1.27. The molecule has 0 aliphatic rings. The molecule has 0 fully saturated rings. The van der Waals surface area contributed by atoms with Gasteiger partial charge in [0.1, 0.15) is 11.0 Å². The number of nitrogens with two attached hydrogens (primary N) is 1. The topological polar surface area (TPSA) is 69.4 Å². The number of carbonyl (C=O) groups excluding carboxylic acids is 2. The van der Waals surface area contributed by atoms with Crippen molar-refractivity contribution in [3.8, 4) is 0 Å². The van der Waals surface area contributed by atoms with Gasteiger partial charge in [-0.05, 0) is 34.6 Å². The molecule has 1 amide bonds. The van der Waals surface area contributed by atoms with Crippen LogP contribution >= 0.6 is 0 Å². The Balaban J connectivity index is 4.53. The first-order chi connectivity index (χ1) is 5.57. The molecule has 0 bridgehead atoms. The van der Waals surface area contributed by atoms with Crippen LogP contribution in [0.25, 0.3) is 0 Å². The van der Waals surface area contributed by atoms with E-state index in [2.05, 4.69) is 0 Å². The second kappa shape index (κ2) is 3.36. The lowest BCUT2D eigenvalue weighted by Gasteiger charge is -2.26. The maximum Gasteiger partial charge on any atom is 0.321 e. The number of ether oxygens (including phenoxy) is 1. The summed E-state index contributed by atoms with van der Waals surface area (Å²) < 4.78 is 5.02. The normalized spacial score (nSPS) is 12.4. The second-order valence-corrected chi connectivity index (χ2v) is 4.49. The summed E-state index contributed by atoms with van der Waals surface area (Å²) in [6, 6.07) is 0. The summed E-state index contributed by atoms with van der Waals surface area (Å²) in [5, 5.41) is 0. The lowest BCUT2D eigenvalue weighted by molar-refractivity contribution is -0.168. The largest absolute Gasteiger partial charge is 0.459 e. The van der Waals surface area contributed by atoms with Crippen molar-refractivity contribution < 1.29 is 14.3 Å². The highest BCUT2D eigenvalue weighted by atomic mass is 16.6. The van der Waals surface area contributed by atoms with Crippen LogP contribution in [0, 0.1) is 5.41 Å². The summed E-state index contributed by atoms with van der Waals surface area (Å²) >= 11 is 0. The van der Waals surface area contributed by atoms with Gasteiger partial charge in [0, 0.05) is 0 Å². The van der Waals surface area contributed by atoms with E-state index < -0.39 is 22.9 Å². The molecular weight excluding hydrogens is 170 g/mol.